The number of nitrogens with zero attached hydrogens (tertiary/aromatic N) is 2. The Morgan fingerprint density at radius 2 is 2.06 bits per heavy atom. The zero-order valence-electron chi connectivity index (χ0n) is 18.4. The fraction of sp³-hybridized carbons (Fsp3) is 0.435. The van der Waals surface area contributed by atoms with Crippen molar-refractivity contribution in [1.82, 2.24) is 15.6 Å². The van der Waals surface area contributed by atoms with Crippen molar-refractivity contribution in [2.45, 2.75) is 39.3 Å². The minimum Gasteiger partial charge on any atom is -0.488 e. The molecule has 0 saturated carbocycles. The Hall–Kier alpha value is -3.13. The molecule has 1 amide bonds. The van der Waals surface area contributed by atoms with E-state index in [9.17, 15) is 4.79 Å². The molecule has 2 heterocycles. The van der Waals surface area contributed by atoms with Crippen molar-refractivity contribution in [3.05, 3.63) is 53.2 Å². The normalized spacial score (nSPS) is 16.1. The van der Waals surface area contributed by atoms with Crippen molar-refractivity contribution in [3.63, 3.8) is 0 Å². The summed E-state index contributed by atoms with van der Waals surface area (Å²) in [6.45, 7) is 6.39. The molecule has 1 aromatic heterocycles. The van der Waals surface area contributed by atoms with Gasteiger partial charge in [0.1, 0.15) is 17.7 Å². The number of anilines is 1. The molecule has 1 unspecified atom stereocenters. The Labute approximate surface area is 183 Å². The molecular weight excluding hydrogens is 394 g/mol. The molecular formula is C23H31N5O3. The van der Waals surface area contributed by atoms with Crippen LogP contribution in [0.4, 0.5) is 5.82 Å². The molecule has 8 nitrogen and oxygen atoms in total. The van der Waals surface area contributed by atoms with E-state index >= 15 is 0 Å². The second kappa shape index (κ2) is 11.3. The lowest BCUT2D eigenvalue weighted by atomic mass is 10.1. The lowest BCUT2D eigenvalue weighted by Gasteiger charge is -2.18. The van der Waals surface area contributed by atoms with Crippen LogP contribution in [0.1, 0.15) is 29.5 Å². The third-order valence-electron chi connectivity index (χ3n) is 4.90. The summed E-state index contributed by atoms with van der Waals surface area (Å²) >= 11 is 0. The van der Waals surface area contributed by atoms with Crippen LogP contribution >= 0.6 is 0 Å². The number of hydrogen-bond donors (Lipinski definition) is 3. The molecule has 166 valence electrons. The molecule has 1 aliphatic rings. The topological polar surface area (TPSA) is 96.9 Å². The summed E-state index contributed by atoms with van der Waals surface area (Å²) in [6.07, 6.45) is 3.03. The predicted molar refractivity (Wildman–Crippen MR) is 121 cm³/mol. The van der Waals surface area contributed by atoms with Crippen molar-refractivity contribution in [1.29, 1.82) is 0 Å². The lowest BCUT2D eigenvalue weighted by molar-refractivity contribution is -0.116. The molecule has 1 fully saturated rings. The van der Waals surface area contributed by atoms with Gasteiger partial charge in [0, 0.05) is 44.7 Å². The average Bonchev–Trinajstić information content (AvgIpc) is 3.26. The van der Waals surface area contributed by atoms with Gasteiger partial charge in [0.15, 0.2) is 5.96 Å². The molecule has 1 aromatic carbocycles. The van der Waals surface area contributed by atoms with E-state index in [1.807, 2.05) is 19.9 Å². The molecule has 1 aliphatic heterocycles. The number of pyridine rings is 1. The smallest absolute Gasteiger partial charge is 0.227 e. The molecule has 0 spiro atoms. The van der Waals surface area contributed by atoms with Crippen LogP contribution in [0, 0.1) is 13.8 Å². The van der Waals surface area contributed by atoms with Crippen LogP contribution in [0.2, 0.25) is 0 Å². The van der Waals surface area contributed by atoms with Gasteiger partial charge in [0.05, 0.1) is 13.2 Å². The summed E-state index contributed by atoms with van der Waals surface area (Å²) in [5, 5.41) is 9.24. The standard InChI is InChI=1S/C23H31N5O3/c1-16-4-6-18(20(12-16)31-19-9-11-30-15-19)14-27-23(24-3)25-10-8-22(29)28-21-7-5-17(2)13-26-21/h4-7,12-13,19H,8-11,14-15H2,1-3H3,(H2,24,25,27)(H,26,28,29). The number of benzene rings is 1. The van der Waals surface area contributed by atoms with E-state index in [0.717, 1.165) is 35.5 Å². The van der Waals surface area contributed by atoms with Crippen LogP contribution in [-0.2, 0) is 16.1 Å². The molecule has 0 bridgehead atoms. The van der Waals surface area contributed by atoms with Gasteiger partial charge in [-0.25, -0.2) is 4.98 Å². The van der Waals surface area contributed by atoms with Crippen LogP contribution in [0.5, 0.6) is 5.75 Å². The number of carbonyl (C=O) groups excluding carboxylic acids is 1. The van der Waals surface area contributed by atoms with E-state index in [0.29, 0.717) is 37.9 Å². The number of carbonyl (C=O) groups is 1. The first-order valence-corrected chi connectivity index (χ1v) is 10.5. The minimum atomic E-state index is -0.104. The summed E-state index contributed by atoms with van der Waals surface area (Å²) in [6, 6.07) is 9.88. The number of aromatic nitrogens is 1. The number of aryl methyl sites for hydroxylation is 2. The number of nitrogens with one attached hydrogen (secondary N) is 3. The first kappa shape index (κ1) is 22.6. The molecule has 3 rings (SSSR count). The van der Waals surface area contributed by atoms with Gasteiger partial charge in [-0.2, -0.15) is 0 Å². The Balaban J connectivity index is 1.46. The SMILES string of the molecule is CN=C(NCCC(=O)Nc1ccc(C)cn1)NCc1ccc(C)cc1OC1CCOC1. The van der Waals surface area contributed by atoms with E-state index in [1.54, 1.807) is 19.3 Å². The van der Waals surface area contributed by atoms with Crippen molar-refractivity contribution in [2.24, 2.45) is 4.99 Å². The van der Waals surface area contributed by atoms with Crippen LogP contribution in [0.3, 0.4) is 0 Å². The summed E-state index contributed by atoms with van der Waals surface area (Å²) in [4.78, 5) is 20.5. The zero-order valence-corrected chi connectivity index (χ0v) is 18.4. The fourth-order valence-corrected chi connectivity index (χ4v) is 3.14. The highest BCUT2D eigenvalue weighted by atomic mass is 16.5. The Morgan fingerprint density at radius 3 is 2.77 bits per heavy atom. The van der Waals surface area contributed by atoms with Gasteiger partial charge in [-0.1, -0.05) is 18.2 Å². The summed E-state index contributed by atoms with van der Waals surface area (Å²) in [5.74, 6) is 1.94. The Bertz CT molecular complexity index is 893. The summed E-state index contributed by atoms with van der Waals surface area (Å²) in [5.41, 5.74) is 3.24. The van der Waals surface area contributed by atoms with E-state index in [4.69, 9.17) is 9.47 Å². The van der Waals surface area contributed by atoms with Gasteiger partial charge in [-0.05, 0) is 37.1 Å². The number of amides is 1. The van der Waals surface area contributed by atoms with E-state index in [-0.39, 0.29) is 12.0 Å². The highest BCUT2D eigenvalue weighted by molar-refractivity contribution is 5.90. The van der Waals surface area contributed by atoms with Gasteiger partial charge in [0.25, 0.3) is 0 Å². The molecule has 1 saturated heterocycles. The largest absolute Gasteiger partial charge is 0.488 e. The maximum atomic E-state index is 12.1. The minimum absolute atomic E-state index is 0.0968. The van der Waals surface area contributed by atoms with Crippen molar-refractivity contribution >= 4 is 17.7 Å². The lowest BCUT2D eigenvalue weighted by Crippen LogP contribution is -2.38. The maximum Gasteiger partial charge on any atom is 0.227 e. The third kappa shape index (κ3) is 7.25. The Morgan fingerprint density at radius 1 is 1.23 bits per heavy atom. The zero-order chi connectivity index (χ0) is 22.1. The second-order valence-corrected chi connectivity index (χ2v) is 7.59. The average molecular weight is 426 g/mol. The summed E-state index contributed by atoms with van der Waals surface area (Å²) < 4.78 is 11.6. The third-order valence-corrected chi connectivity index (χ3v) is 4.90. The molecule has 2 aromatic rings. The van der Waals surface area contributed by atoms with Crippen molar-refractivity contribution in [3.8, 4) is 5.75 Å². The van der Waals surface area contributed by atoms with Crippen LogP contribution < -0.4 is 20.7 Å². The van der Waals surface area contributed by atoms with E-state index < -0.39 is 0 Å². The monoisotopic (exact) mass is 425 g/mol. The van der Waals surface area contributed by atoms with E-state index in [2.05, 4.69) is 44.1 Å². The number of hydrogen-bond acceptors (Lipinski definition) is 5. The van der Waals surface area contributed by atoms with Crippen LogP contribution in [-0.4, -0.2) is 49.8 Å². The first-order chi connectivity index (χ1) is 15.0. The van der Waals surface area contributed by atoms with Crippen molar-refractivity contribution in [2.75, 3.05) is 32.1 Å². The second-order valence-electron chi connectivity index (χ2n) is 7.59. The first-order valence-electron chi connectivity index (χ1n) is 10.5. The number of guanidine groups is 1. The van der Waals surface area contributed by atoms with Crippen LogP contribution in [0.25, 0.3) is 0 Å². The van der Waals surface area contributed by atoms with Crippen LogP contribution in [0.15, 0.2) is 41.5 Å². The molecule has 0 radical (unpaired) electrons. The quantitative estimate of drug-likeness (QED) is 0.444. The van der Waals surface area contributed by atoms with Gasteiger partial charge < -0.3 is 25.4 Å². The highest BCUT2D eigenvalue weighted by Crippen LogP contribution is 2.23. The van der Waals surface area contributed by atoms with E-state index in [1.165, 1.54) is 0 Å². The molecule has 1 atom stereocenters. The number of aliphatic imine (C=N–C) groups is 1. The maximum absolute atomic E-state index is 12.1. The van der Waals surface area contributed by atoms with Gasteiger partial charge in [-0.3, -0.25) is 9.79 Å². The van der Waals surface area contributed by atoms with Crippen molar-refractivity contribution < 1.29 is 14.3 Å². The molecule has 31 heavy (non-hydrogen) atoms. The highest BCUT2D eigenvalue weighted by Gasteiger charge is 2.18. The van der Waals surface area contributed by atoms with Gasteiger partial charge in [0.2, 0.25) is 5.91 Å². The fourth-order valence-electron chi connectivity index (χ4n) is 3.14. The Kier molecular flexibility index (Phi) is 8.23. The van der Waals surface area contributed by atoms with Gasteiger partial charge in [-0.15, -0.1) is 0 Å². The molecule has 8 heteroatoms. The summed E-state index contributed by atoms with van der Waals surface area (Å²) in [7, 11) is 1.70. The number of rotatable bonds is 8. The number of ether oxygens (including phenoxy) is 2. The molecule has 0 aliphatic carbocycles. The predicted octanol–water partition coefficient (Wildman–Crippen LogP) is 2.56. The molecule has 3 N–H and O–H groups in total. The van der Waals surface area contributed by atoms with Gasteiger partial charge >= 0.3 is 0 Å².